The van der Waals surface area contributed by atoms with Gasteiger partial charge in [0.15, 0.2) is 6.10 Å². The van der Waals surface area contributed by atoms with E-state index >= 15 is 0 Å². The van der Waals surface area contributed by atoms with Gasteiger partial charge in [-0.25, -0.2) is 5.84 Å². The zero-order valence-corrected chi connectivity index (χ0v) is 13.4. The predicted octanol–water partition coefficient (Wildman–Crippen LogP) is 1.70. The zero-order valence-electron chi connectivity index (χ0n) is 13.4. The summed E-state index contributed by atoms with van der Waals surface area (Å²) in [5.41, 5.74) is 3.14. The van der Waals surface area contributed by atoms with Crippen molar-refractivity contribution in [1.29, 1.82) is 0 Å². The van der Waals surface area contributed by atoms with Gasteiger partial charge in [0.1, 0.15) is 11.5 Å². The monoisotopic (exact) mass is 329 g/mol. The van der Waals surface area contributed by atoms with Gasteiger partial charge in [-0.05, 0) is 55.5 Å². The Morgan fingerprint density at radius 1 is 1.00 bits per heavy atom. The number of rotatable bonds is 6. The van der Waals surface area contributed by atoms with Crippen LogP contribution >= 0.6 is 0 Å². The van der Waals surface area contributed by atoms with E-state index in [4.69, 9.17) is 15.3 Å². The van der Waals surface area contributed by atoms with Crippen LogP contribution in [-0.2, 0) is 4.79 Å². The molecule has 0 bridgehead atoms. The summed E-state index contributed by atoms with van der Waals surface area (Å²) in [7, 11) is 1.58. The molecule has 0 fully saturated rings. The van der Waals surface area contributed by atoms with E-state index < -0.39 is 12.0 Å². The Morgan fingerprint density at radius 3 is 2.12 bits per heavy atom. The second-order valence-electron chi connectivity index (χ2n) is 4.98. The number of methoxy groups -OCH3 is 1. The molecule has 0 heterocycles. The Morgan fingerprint density at radius 2 is 1.58 bits per heavy atom. The third kappa shape index (κ3) is 4.47. The number of ether oxygens (including phenoxy) is 2. The number of carbonyl (C=O) groups excluding carboxylic acids is 2. The van der Waals surface area contributed by atoms with Gasteiger partial charge in [-0.15, -0.1) is 0 Å². The van der Waals surface area contributed by atoms with Crippen LogP contribution in [0, 0.1) is 0 Å². The standard InChI is InChI=1S/C17H19N3O4/c1-11(16(21)20-18)24-15-7-3-12(4-8-15)17(22)19-13-5-9-14(23-2)10-6-13/h3-11H,18H2,1-2H3,(H,19,22)(H,20,21)/t11-/m0/s1. The molecule has 0 radical (unpaired) electrons. The molecule has 2 aromatic rings. The lowest BCUT2D eigenvalue weighted by molar-refractivity contribution is -0.127. The van der Waals surface area contributed by atoms with Gasteiger partial charge in [0.2, 0.25) is 0 Å². The van der Waals surface area contributed by atoms with Gasteiger partial charge >= 0.3 is 0 Å². The van der Waals surface area contributed by atoms with Gasteiger partial charge in [0.05, 0.1) is 7.11 Å². The summed E-state index contributed by atoms with van der Waals surface area (Å²) in [6, 6.07) is 13.5. The molecule has 0 aliphatic heterocycles. The van der Waals surface area contributed by atoms with E-state index in [9.17, 15) is 9.59 Å². The molecular formula is C17H19N3O4. The van der Waals surface area contributed by atoms with Crippen molar-refractivity contribution in [2.45, 2.75) is 13.0 Å². The lowest BCUT2D eigenvalue weighted by atomic mass is 10.2. The Labute approximate surface area is 139 Å². The fourth-order valence-corrected chi connectivity index (χ4v) is 1.94. The molecule has 7 heteroatoms. The fourth-order valence-electron chi connectivity index (χ4n) is 1.94. The van der Waals surface area contributed by atoms with Crippen molar-refractivity contribution < 1.29 is 19.1 Å². The minimum Gasteiger partial charge on any atom is -0.497 e. The number of hydrogen-bond acceptors (Lipinski definition) is 5. The van der Waals surface area contributed by atoms with Crippen molar-refractivity contribution in [2.24, 2.45) is 5.84 Å². The molecule has 0 aliphatic rings. The number of carbonyl (C=O) groups is 2. The maximum absolute atomic E-state index is 12.2. The number of nitrogens with two attached hydrogens (primary N) is 1. The van der Waals surface area contributed by atoms with E-state index in [1.54, 1.807) is 62.6 Å². The third-order valence-corrected chi connectivity index (χ3v) is 3.29. The highest BCUT2D eigenvalue weighted by Crippen LogP contribution is 2.18. The van der Waals surface area contributed by atoms with E-state index in [2.05, 4.69) is 5.32 Å². The van der Waals surface area contributed by atoms with Crippen LogP contribution in [0.5, 0.6) is 11.5 Å². The second-order valence-corrected chi connectivity index (χ2v) is 4.98. The highest BCUT2D eigenvalue weighted by Gasteiger charge is 2.13. The molecule has 1 atom stereocenters. The highest BCUT2D eigenvalue weighted by molar-refractivity contribution is 6.04. The minimum atomic E-state index is -0.728. The van der Waals surface area contributed by atoms with Crippen molar-refractivity contribution in [2.75, 3.05) is 12.4 Å². The third-order valence-electron chi connectivity index (χ3n) is 3.29. The van der Waals surface area contributed by atoms with Crippen LogP contribution in [0.25, 0.3) is 0 Å². The predicted molar refractivity (Wildman–Crippen MR) is 89.8 cm³/mol. The Balaban J connectivity index is 1.98. The van der Waals surface area contributed by atoms with E-state index in [1.807, 2.05) is 5.43 Å². The summed E-state index contributed by atoms with van der Waals surface area (Å²) in [5.74, 6) is 5.54. The summed E-state index contributed by atoms with van der Waals surface area (Å²) >= 11 is 0. The Bertz CT molecular complexity index is 699. The van der Waals surface area contributed by atoms with Crippen LogP contribution in [0.4, 0.5) is 5.69 Å². The van der Waals surface area contributed by atoms with Crippen LogP contribution in [0.15, 0.2) is 48.5 Å². The normalized spacial score (nSPS) is 11.3. The second kappa shape index (κ2) is 7.98. The van der Waals surface area contributed by atoms with E-state index in [0.29, 0.717) is 22.7 Å². The molecule has 0 unspecified atom stereocenters. The highest BCUT2D eigenvalue weighted by atomic mass is 16.5. The van der Waals surface area contributed by atoms with Crippen molar-refractivity contribution >= 4 is 17.5 Å². The molecule has 0 spiro atoms. The molecule has 2 aromatic carbocycles. The minimum absolute atomic E-state index is 0.250. The Kier molecular flexibility index (Phi) is 5.75. The molecule has 2 amide bonds. The molecule has 0 aliphatic carbocycles. The van der Waals surface area contributed by atoms with E-state index in [-0.39, 0.29) is 5.91 Å². The summed E-state index contributed by atoms with van der Waals surface area (Å²) in [6.45, 7) is 1.58. The number of amides is 2. The Hall–Kier alpha value is -3.06. The summed E-state index contributed by atoms with van der Waals surface area (Å²) < 4.78 is 10.5. The van der Waals surface area contributed by atoms with Gasteiger partial charge in [0.25, 0.3) is 11.8 Å². The number of hydrogen-bond donors (Lipinski definition) is 3. The van der Waals surface area contributed by atoms with Crippen molar-refractivity contribution in [3.63, 3.8) is 0 Å². The number of benzene rings is 2. The van der Waals surface area contributed by atoms with Gasteiger partial charge in [0, 0.05) is 11.3 Å². The molecule has 24 heavy (non-hydrogen) atoms. The summed E-state index contributed by atoms with van der Waals surface area (Å²) in [4.78, 5) is 23.5. The van der Waals surface area contributed by atoms with Crippen LogP contribution in [0.2, 0.25) is 0 Å². The smallest absolute Gasteiger partial charge is 0.274 e. The molecule has 126 valence electrons. The first kappa shape index (κ1) is 17.3. The molecule has 4 N–H and O–H groups in total. The molecule has 0 aromatic heterocycles. The molecule has 7 nitrogen and oxygen atoms in total. The lowest BCUT2D eigenvalue weighted by Gasteiger charge is -2.13. The summed E-state index contributed by atoms with van der Waals surface area (Å²) in [6.07, 6.45) is -0.728. The fraction of sp³-hybridized carbons (Fsp3) is 0.176. The van der Waals surface area contributed by atoms with E-state index in [0.717, 1.165) is 0 Å². The van der Waals surface area contributed by atoms with Gasteiger partial charge in [-0.2, -0.15) is 0 Å². The van der Waals surface area contributed by atoms with Crippen LogP contribution in [0.1, 0.15) is 17.3 Å². The van der Waals surface area contributed by atoms with Crippen molar-refractivity contribution in [3.8, 4) is 11.5 Å². The van der Waals surface area contributed by atoms with Crippen LogP contribution < -0.4 is 26.1 Å². The van der Waals surface area contributed by atoms with Crippen molar-refractivity contribution in [3.05, 3.63) is 54.1 Å². The number of anilines is 1. The lowest BCUT2D eigenvalue weighted by Crippen LogP contribution is -2.40. The van der Waals surface area contributed by atoms with Gasteiger partial charge in [-0.3, -0.25) is 15.0 Å². The van der Waals surface area contributed by atoms with E-state index in [1.165, 1.54) is 0 Å². The first-order valence-electron chi connectivity index (χ1n) is 7.26. The van der Waals surface area contributed by atoms with Crippen LogP contribution in [-0.4, -0.2) is 25.0 Å². The SMILES string of the molecule is COc1ccc(NC(=O)c2ccc(O[C@@H](C)C(=O)NN)cc2)cc1. The van der Waals surface area contributed by atoms with Gasteiger partial charge < -0.3 is 14.8 Å². The molecule has 0 saturated heterocycles. The number of hydrazine groups is 1. The average molecular weight is 329 g/mol. The average Bonchev–Trinajstić information content (AvgIpc) is 2.62. The maximum atomic E-state index is 12.2. The first-order valence-corrected chi connectivity index (χ1v) is 7.26. The largest absolute Gasteiger partial charge is 0.497 e. The van der Waals surface area contributed by atoms with Crippen molar-refractivity contribution in [1.82, 2.24) is 5.43 Å². The van der Waals surface area contributed by atoms with Gasteiger partial charge in [-0.1, -0.05) is 0 Å². The molecule has 0 saturated carbocycles. The summed E-state index contributed by atoms with van der Waals surface area (Å²) in [5, 5.41) is 2.78. The first-order chi connectivity index (χ1) is 11.5. The topological polar surface area (TPSA) is 103 Å². The van der Waals surface area contributed by atoms with Crippen LogP contribution in [0.3, 0.4) is 0 Å². The maximum Gasteiger partial charge on any atom is 0.274 e. The number of nitrogens with one attached hydrogen (secondary N) is 2. The molecule has 2 rings (SSSR count). The zero-order chi connectivity index (χ0) is 17.5. The quantitative estimate of drug-likeness (QED) is 0.425. The molecular weight excluding hydrogens is 310 g/mol.